The summed E-state index contributed by atoms with van der Waals surface area (Å²) < 4.78 is 12.8. The van der Waals surface area contributed by atoms with Gasteiger partial charge in [-0.1, -0.05) is 18.2 Å². The van der Waals surface area contributed by atoms with Crippen LogP contribution in [0.25, 0.3) is 0 Å². The summed E-state index contributed by atoms with van der Waals surface area (Å²) in [4.78, 5) is 25.7. The smallest absolute Gasteiger partial charge is 0.324 e. The summed E-state index contributed by atoms with van der Waals surface area (Å²) in [6.07, 6.45) is 0. The van der Waals surface area contributed by atoms with E-state index < -0.39 is 22.0 Å². The van der Waals surface area contributed by atoms with Crippen molar-refractivity contribution in [3.63, 3.8) is 0 Å². The number of amides is 1. The number of nitrogens with zero attached hydrogens (tertiary/aromatic N) is 2. The summed E-state index contributed by atoms with van der Waals surface area (Å²) in [5.41, 5.74) is 7.51. The van der Waals surface area contributed by atoms with Crippen LogP contribution in [0.3, 0.4) is 0 Å². The van der Waals surface area contributed by atoms with Crippen molar-refractivity contribution in [1.29, 1.82) is 0 Å². The number of carbonyl (C=O) groups is 1. The molecule has 0 aromatic heterocycles. The Labute approximate surface area is 171 Å². The first-order valence-corrected chi connectivity index (χ1v) is 9.84. The van der Waals surface area contributed by atoms with Crippen molar-refractivity contribution >= 4 is 34.1 Å². The number of nitro benzene ring substituents is 1. The molecule has 0 aliphatic rings. The maximum atomic E-state index is 12.9. The molecule has 0 fully saturated rings. The molecule has 3 aromatic carbocycles. The van der Waals surface area contributed by atoms with Gasteiger partial charge >= 0.3 is 5.69 Å². The molecule has 0 heterocycles. The van der Waals surface area contributed by atoms with E-state index in [0.29, 0.717) is 16.3 Å². The quantitative estimate of drug-likeness (QED) is 0.297. The second kappa shape index (κ2) is 8.34. The fraction of sp³-hybridized carbons (Fsp3) is 0.0952. The van der Waals surface area contributed by atoms with E-state index in [1.165, 1.54) is 23.1 Å². The molecule has 3 rings (SSSR count). The van der Waals surface area contributed by atoms with E-state index in [1.807, 2.05) is 25.1 Å². The van der Waals surface area contributed by atoms with Crippen molar-refractivity contribution in [2.24, 2.45) is 0 Å². The molecule has 29 heavy (non-hydrogen) atoms. The number of para-hydroxylation sites is 1. The molecule has 2 N–H and O–H groups in total. The van der Waals surface area contributed by atoms with Crippen LogP contribution in [0.4, 0.5) is 17.1 Å². The summed E-state index contributed by atoms with van der Waals surface area (Å²) in [5.74, 6) is -0.396. The molecular weight excluding hydrogens is 390 g/mol. The average molecular weight is 409 g/mol. The van der Waals surface area contributed by atoms with Gasteiger partial charge in [-0.25, -0.2) is 0 Å². The zero-order chi connectivity index (χ0) is 21.1. The minimum absolute atomic E-state index is 0.0230. The normalized spacial score (nSPS) is 11.7. The lowest BCUT2D eigenvalue weighted by molar-refractivity contribution is -0.387. The van der Waals surface area contributed by atoms with Crippen molar-refractivity contribution < 1.29 is 14.3 Å². The first-order chi connectivity index (χ1) is 13.8. The van der Waals surface area contributed by atoms with Crippen LogP contribution in [0.1, 0.15) is 15.9 Å². The predicted molar refractivity (Wildman–Crippen MR) is 113 cm³/mol. The van der Waals surface area contributed by atoms with Gasteiger partial charge in [-0.3, -0.25) is 14.9 Å². The average Bonchev–Trinajstić information content (AvgIpc) is 2.72. The Morgan fingerprint density at radius 2 is 1.72 bits per heavy atom. The third-order valence-corrected chi connectivity index (χ3v) is 5.92. The zero-order valence-electron chi connectivity index (χ0n) is 15.9. The van der Waals surface area contributed by atoms with E-state index in [-0.39, 0.29) is 16.1 Å². The van der Waals surface area contributed by atoms with Gasteiger partial charge in [0, 0.05) is 47.3 Å². The Bertz CT molecular complexity index is 1070. The highest BCUT2D eigenvalue weighted by atomic mass is 32.2. The van der Waals surface area contributed by atoms with Gasteiger partial charge in [-0.05, 0) is 48.9 Å². The molecule has 0 saturated heterocycles. The minimum atomic E-state index is -1.78. The molecule has 1 unspecified atom stereocenters. The molecule has 0 aliphatic carbocycles. The van der Waals surface area contributed by atoms with Crippen LogP contribution in [-0.2, 0) is 11.2 Å². The number of benzene rings is 3. The third kappa shape index (κ3) is 4.23. The van der Waals surface area contributed by atoms with Gasteiger partial charge in [-0.2, -0.15) is 0 Å². The lowest BCUT2D eigenvalue weighted by Crippen LogP contribution is -2.27. The maximum absolute atomic E-state index is 12.9. The molecule has 0 aliphatic heterocycles. The van der Waals surface area contributed by atoms with Gasteiger partial charge in [-0.15, -0.1) is 0 Å². The van der Waals surface area contributed by atoms with E-state index in [4.69, 9.17) is 5.73 Å². The molecular formula is C21H19N3O4S. The fourth-order valence-corrected chi connectivity index (χ4v) is 4.06. The van der Waals surface area contributed by atoms with Crippen molar-refractivity contribution in [2.75, 3.05) is 17.7 Å². The number of carbonyl (C=O) groups excluding carboxylic acids is 1. The van der Waals surface area contributed by atoms with E-state index in [1.54, 1.807) is 37.4 Å². The zero-order valence-corrected chi connectivity index (χ0v) is 16.7. The standard InChI is InChI=1S/C21H19N3O4S/c1-14-5-3-4-6-18(14)23(2)21(25)15-7-12-20(19(13-15)24(26)27)29(28)17-10-8-16(22)9-11-17/h3-13H,22H2,1-2H3. The Balaban J connectivity index is 1.97. The fourth-order valence-electron chi connectivity index (χ4n) is 2.91. The first kappa shape index (κ1) is 20.4. The molecule has 1 atom stereocenters. The molecule has 3 aromatic rings. The highest BCUT2D eigenvalue weighted by molar-refractivity contribution is 7.91. The van der Waals surface area contributed by atoms with Gasteiger partial charge in [0.15, 0.2) is 4.90 Å². The Kier molecular flexibility index (Phi) is 5.86. The van der Waals surface area contributed by atoms with E-state index in [0.717, 1.165) is 5.56 Å². The molecule has 0 saturated carbocycles. The van der Waals surface area contributed by atoms with Crippen LogP contribution in [0.5, 0.6) is 0 Å². The summed E-state index contributed by atoms with van der Waals surface area (Å²) in [6.45, 7) is 1.88. The first-order valence-electron chi connectivity index (χ1n) is 8.69. The van der Waals surface area contributed by atoms with Gasteiger partial charge in [0.1, 0.15) is 0 Å². The Morgan fingerprint density at radius 3 is 2.34 bits per heavy atom. The number of aryl methyl sites for hydroxylation is 1. The molecule has 0 spiro atoms. The van der Waals surface area contributed by atoms with E-state index >= 15 is 0 Å². The number of rotatable bonds is 5. The van der Waals surface area contributed by atoms with Crippen molar-refractivity contribution in [3.8, 4) is 0 Å². The Hall–Kier alpha value is -3.36. The summed E-state index contributed by atoms with van der Waals surface area (Å²) in [5, 5.41) is 11.6. The highest BCUT2D eigenvalue weighted by Gasteiger charge is 2.29. The number of nitrogens with two attached hydrogens (primary N) is 1. The van der Waals surface area contributed by atoms with Gasteiger partial charge in [0.05, 0.1) is 4.92 Å². The second-order valence-corrected chi connectivity index (χ2v) is 7.88. The van der Waals surface area contributed by atoms with Crippen LogP contribution in [0.2, 0.25) is 0 Å². The van der Waals surface area contributed by atoms with Gasteiger partial charge in [0.2, 0.25) is 4.90 Å². The van der Waals surface area contributed by atoms with E-state index in [2.05, 4.69) is 0 Å². The summed E-state index contributed by atoms with van der Waals surface area (Å²) in [7, 11) is 1.61. The molecule has 0 radical (unpaired) electrons. The predicted octanol–water partition coefficient (Wildman–Crippen LogP) is 3.93. The summed E-state index contributed by atoms with van der Waals surface area (Å²) in [6, 6.07) is 17.6. The van der Waals surface area contributed by atoms with Crippen LogP contribution < -0.4 is 10.6 Å². The van der Waals surface area contributed by atoms with Crippen LogP contribution in [-0.4, -0.2) is 22.4 Å². The minimum Gasteiger partial charge on any atom is -0.606 e. The summed E-state index contributed by atoms with van der Waals surface area (Å²) >= 11 is -1.78. The highest BCUT2D eigenvalue weighted by Crippen LogP contribution is 2.31. The Morgan fingerprint density at radius 1 is 1.07 bits per heavy atom. The number of nitrogen functional groups attached to an aromatic ring is 1. The lowest BCUT2D eigenvalue weighted by Gasteiger charge is -2.19. The van der Waals surface area contributed by atoms with Crippen LogP contribution in [0.15, 0.2) is 76.5 Å². The number of hydrogen-bond acceptors (Lipinski definition) is 5. The molecule has 8 heteroatoms. The molecule has 7 nitrogen and oxygen atoms in total. The molecule has 148 valence electrons. The van der Waals surface area contributed by atoms with Crippen LogP contribution >= 0.6 is 0 Å². The molecule has 1 amide bonds. The number of hydrogen-bond donors (Lipinski definition) is 1. The SMILES string of the molecule is Cc1ccccc1N(C)C(=O)c1ccc([S+]([O-])c2ccc(N)cc2)c([N+](=O)[O-])c1. The number of nitro groups is 1. The largest absolute Gasteiger partial charge is 0.606 e. The second-order valence-electron chi connectivity index (χ2n) is 6.43. The third-order valence-electron chi connectivity index (χ3n) is 4.48. The topological polar surface area (TPSA) is 113 Å². The van der Waals surface area contributed by atoms with Crippen molar-refractivity contribution in [2.45, 2.75) is 16.7 Å². The molecule has 0 bridgehead atoms. The van der Waals surface area contributed by atoms with Crippen LogP contribution in [0, 0.1) is 17.0 Å². The van der Waals surface area contributed by atoms with Crippen molar-refractivity contribution in [1.82, 2.24) is 0 Å². The van der Waals surface area contributed by atoms with Crippen molar-refractivity contribution in [3.05, 3.63) is 88.0 Å². The lowest BCUT2D eigenvalue weighted by atomic mass is 10.1. The van der Waals surface area contributed by atoms with Gasteiger partial charge < -0.3 is 15.2 Å². The van der Waals surface area contributed by atoms with Gasteiger partial charge in [0.25, 0.3) is 5.91 Å². The van der Waals surface area contributed by atoms with E-state index in [9.17, 15) is 19.5 Å². The monoisotopic (exact) mass is 409 g/mol. The number of anilines is 2. The maximum Gasteiger partial charge on any atom is 0.324 e.